The van der Waals surface area contributed by atoms with Crippen LogP contribution in [0.25, 0.3) is 10.9 Å². The highest BCUT2D eigenvalue weighted by molar-refractivity contribution is 6.10. The summed E-state index contributed by atoms with van der Waals surface area (Å²) in [6.45, 7) is 0. The summed E-state index contributed by atoms with van der Waals surface area (Å²) in [4.78, 5) is 17.9. The Balaban J connectivity index is 1.73. The molecule has 1 heterocycles. The van der Waals surface area contributed by atoms with Crippen molar-refractivity contribution in [1.82, 2.24) is 4.98 Å². The molecule has 4 aromatic rings. The van der Waals surface area contributed by atoms with Gasteiger partial charge in [-0.3, -0.25) is 4.79 Å². The summed E-state index contributed by atoms with van der Waals surface area (Å²) in [7, 11) is 4.51. The number of rotatable bonds is 7. The minimum Gasteiger partial charge on any atom is -0.493 e. The van der Waals surface area contributed by atoms with Gasteiger partial charge in [0.1, 0.15) is 11.6 Å². The molecular formula is C25H22FN3O4. The zero-order valence-corrected chi connectivity index (χ0v) is 18.3. The van der Waals surface area contributed by atoms with Crippen LogP contribution in [-0.2, 0) is 0 Å². The number of hydrogen-bond donors (Lipinski definition) is 2. The molecule has 0 bridgehead atoms. The average Bonchev–Trinajstić information content (AvgIpc) is 2.84. The van der Waals surface area contributed by atoms with Crippen molar-refractivity contribution in [2.24, 2.45) is 0 Å². The summed E-state index contributed by atoms with van der Waals surface area (Å²) in [5.41, 5.74) is 2.08. The number of halogens is 1. The molecule has 0 saturated carbocycles. The summed E-state index contributed by atoms with van der Waals surface area (Å²) in [5.74, 6) is 0.829. The number of carbonyl (C=O) groups excluding carboxylic acids is 1. The third-order valence-electron chi connectivity index (χ3n) is 5.00. The van der Waals surface area contributed by atoms with Crippen LogP contribution >= 0.6 is 0 Å². The number of nitrogens with zero attached hydrogens (tertiary/aromatic N) is 1. The Hall–Kier alpha value is -4.33. The van der Waals surface area contributed by atoms with E-state index >= 15 is 0 Å². The van der Waals surface area contributed by atoms with Gasteiger partial charge in [-0.1, -0.05) is 18.2 Å². The SMILES string of the molecule is COc1cc(NC(=O)c2cc3ccccc3nc2Nc2ccc(F)cc2)cc(OC)c1OC. The first kappa shape index (κ1) is 21.9. The lowest BCUT2D eigenvalue weighted by atomic mass is 10.1. The molecule has 168 valence electrons. The van der Waals surface area contributed by atoms with Crippen molar-refractivity contribution >= 4 is 34.0 Å². The van der Waals surface area contributed by atoms with Crippen LogP contribution in [0.4, 0.5) is 21.6 Å². The molecule has 0 saturated heterocycles. The van der Waals surface area contributed by atoms with Gasteiger partial charge in [0.25, 0.3) is 5.91 Å². The zero-order chi connectivity index (χ0) is 23.4. The van der Waals surface area contributed by atoms with E-state index in [-0.39, 0.29) is 5.82 Å². The lowest BCUT2D eigenvalue weighted by molar-refractivity contribution is 0.102. The number of amides is 1. The Morgan fingerprint density at radius 2 is 1.52 bits per heavy atom. The number of anilines is 3. The Bertz CT molecular complexity index is 1280. The Morgan fingerprint density at radius 3 is 2.15 bits per heavy atom. The van der Waals surface area contributed by atoms with Gasteiger partial charge in [0, 0.05) is 28.9 Å². The summed E-state index contributed by atoms with van der Waals surface area (Å²) < 4.78 is 29.4. The van der Waals surface area contributed by atoms with E-state index in [4.69, 9.17) is 14.2 Å². The van der Waals surface area contributed by atoms with Gasteiger partial charge >= 0.3 is 0 Å². The molecule has 0 fully saturated rings. The van der Waals surface area contributed by atoms with Crippen LogP contribution in [0.5, 0.6) is 17.2 Å². The third-order valence-corrected chi connectivity index (χ3v) is 5.00. The number of hydrogen-bond acceptors (Lipinski definition) is 6. The highest BCUT2D eigenvalue weighted by Gasteiger charge is 2.18. The first-order valence-electron chi connectivity index (χ1n) is 10.1. The Morgan fingerprint density at radius 1 is 0.848 bits per heavy atom. The molecular weight excluding hydrogens is 425 g/mol. The monoisotopic (exact) mass is 447 g/mol. The molecule has 1 aromatic heterocycles. The summed E-state index contributed by atoms with van der Waals surface area (Å²) in [6, 6.07) is 18.3. The van der Waals surface area contributed by atoms with Gasteiger partial charge in [-0.15, -0.1) is 0 Å². The standard InChI is InChI=1S/C25H22FN3O4/c1-31-21-13-18(14-22(32-2)23(21)33-3)28-25(30)19-12-15-6-4-5-7-20(15)29-24(19)27-17-10-8-16(26)9-11-17/h4-14H,1-3H3,(H,27,29)(H,28,30). The second-order valence-corrected chi connectivity index (χ2v) is 7.08. The molecule has 2 N–H and O–H groups in total. The second-order valence-electron chi connectivity index (χ2n) is 7.08. The molecule has 0 aliphatic carbocycles. The molecule has 0 aliphatic rings. The Labute approximate surface area is 190 Å². The van der Waals surface area contributed by atoms with Crippen molar-refractivity contribution in [3.05, 3.63) is 78.1 Å². The number of para-hydroxylation sites is 1. The topological polar surface area (TPSA) is 81.7 Å². The average molecular weight is 447 g/mol. The highest BCUT2D eigenvalue weighted by Crippen LogP contribution is 2.40. The van der Waals surface area contributed by atoms with Gasteiger partial charge in [-0.2, -0.15) is 0 Å². The van der Waals surface area contributed by atoms with Crippen molar-refractivity contribution in [2.75, 3.05) is 32.0 Å². The Kier molecular flexibility index (Phi) is 6.26. The van der Waals surface area contributed by atoms with E-state index in [1.807, 2.05) is 24.3 Å². The van der Waals surface area contributed by atoms with Crippen molar-refractivity contribution in [1.29, 1.82) is 0 Å². The summed E-state index contributed by atoms with van der Waals surface area (Å²) >= 11 is 0. The predicted octanol–water partition coefficient (Wildman–Crippen LogP) is 5.40. The van der Waals surface area contributed by atoms with E-state index in [2.05, 4.69) is 15.6 Å². The lowest BCUT2D eigenvalue weighted by Crippen LogP contribution is -2.15. The normalized spacial score (nSPS) is 10.5. The van der Waals surface area contributed by atoms with Gasteiger partial charge in [0.2, 0.25) is 5.75 Å². The van der Waals surface area contributed by atoms with E-state index in [1.165, 1.54) is 33.5 Å². The first-order valence-corrected chi connectivity index (χ1v) is 10.1. The summed E-state index contributed by atoms with van der Waals surface area (Å²) in [5, 5.41) is 6.78. The second kappa shape index (κ2) is 9.44. The van der Waals surface area contributed by atoms with E-state index in [0.29, 0.717) is 45.5 Å². The number of nitrogens with one attached hydrogen (secondary N) is 2. The van der Waals surface area contributed by atoms with Gasteiger partial charge in [0.15, 0.2) is 11.5 Å². The van der Waals surface area contributed by atoms with Gasteiger partial charge in [-0.25, -0.2) is 9.37 Å². The first-order chi connectivity index (χ1) is 16.0. The van der Waals surface area contributed by atoms with E-state index in [1.54, 1.807) is 30.3 Å². The van der Waals surface area contributed by atoms with E-state index in [9.17, 15) is 9.18 Å². The molecule has 1 amide bonds. The van der Waals surface area contributed by atoms with E-state index < -0.39 is 5.91 Å². The van der Waals surface area contributed by atoms with Gasteiger partial charge in [-0.05, 0) is 36.4 Å². The third kappa shape index (κ3) is 4.64. The number of methoxy groups -OCH3 is 3. The fraction of sp³-hybridized carbons (Fsp3) is 0.120. The van der Waals surface area contributed by atoms with Crippen LogP contribution in [0.2, 0.25) is 0 Å². The van der Waals surface area contributed by atoms with Crippen molar-refractivity contribution in [3.8, 4) is 17.2 Å². The molecule has 0 atom stereocenters. The largest absolute Gasteiger partial charge is 0.493 e. The van der Waals surface area contributed by atoms with Crippen molar-refractivity contribution in [3.63, 3.8) is 0 Å². The minimum absolute atomic E-state index is 0.312. The zero-order valence-electron chi connectivity index (χ0n) is 18.3. The minimum atomic E-state index is -0.396. The van der Waals surface area contributed by atoms with Gasteiger partial charge in [0.05, 0.1) is 32.4 Å². The number of ether oxygens (including phenoxy) is 3. The molecule has 3 aromatic carbocycles. The number of fused-ring (bicyclic) bond motifs is 1. The van der Waals surface area contributed by atoms with Crippen LogP contribution < -0.4 is 24.8 Å². The maximum Gasteiger partial charge on any atom is 0.259 e. The maximum atomic E-state index is 13.3. The van der Waals surface area contributed by atoms with Crippen LogP contribution in [0.15, 0.2) is 66.7 Å². The number of benzene rings is 3. The fourth-order valence-corrected chi connectivity index (χ4v) is 3.41. The quantitative estimate of drug-likeness (QED) is 0.395. The lowest BCUT2D eigenvalue weighted by Gasteiger charge is -2.16. The van der Waals surface area contributed by atoms with Crippen LogP contribution in [0.1, 0.15) is 10.4 Å². The number of carbonyl (C=O) groups is 1. The number of pyridine rings is 1. The molecule has 8 heteroatoms. The maximum absolute atomic E-state index is 13.3. The molecule has 0 aliphatic heterocycles. The van der Waals surface area contributed by atoms with Crippen LogP contribution in [-0.4, -0.2) is 32.2 Å². The van der Waals surface area contributed by atoms with Crippen LogP contribution in [0, 0.1) is 5.82 Å². The molecule has 0 unspecified atom stereocenters. The number of aromatic nitrogens is 1. The summed E-state index contributed by atoms with van der Waals surface area (Å²) in [6.07, 6.45) is 0. The molecule has 7 nitrogen and oxygen atoms in total. The molecule has 33 heavy (non-hydrogen) atoms. The van der Waals surface area contributed by atoms with Crippen molar-refractivity contribution in [2.45, 2.75) is 0 Å². The van der Waals surface area contributed by atoms with Crippen molar-refractivity contribution < 1.29 is 23.4 Å². The fourth-order valence-electron chi connectivity index (χ4n) is 3.41. The molecule has 0 spiro atoms. The molecule has 4 rings (SSSR count). The highest BCUT2D eigenvalue weighted by atomic mass is 19.1. The smallest absolute Gasteiger partial charge is 0.259 e. The van der Waals surface area contributed by atoms with Gasteiger partial charge < -0.3 is 24.8 Å². The predicted molar refractivity (Wildman–Crippen MR) is 125 cm³/mol. The molecule has 0 radical (unpaired) electrons. The van der Waals surface area contributed by atoms with E-state index in [0.717, 1.165) is 5.39 Å². The van der Waals surface area contributed by atoms with Crippen LogP contribution in [0.3, 0.4) is 0 Å².